The van der Waals surface area contributed by atoms with Crippen LogP contribution in [0, 0.1) is 31.1 Å². The smallest absolute Gasteiger partial charge is 0.358 e. The molecule has 1 amide bonds. The Morgan fingerprint density at radius 3 is 2.45 bits per heavy atom. The largest absolute Gasteiger partial charge is 1.00 e. The maximum Gasteiger partial charge on any atom is 1.00 e. The number of aromatic nitrogens is 2. The van der Waals surface area contributed by atoms with Crippen LogP contribution in [0.1, 0.15) is 56.5 Å². The molecule has 2 heterocycles. The van der Waals surface area contributed by atoms with Crippen molar-refractivity contribution in [1.29, 1.82) is 0 Å². The van der Waals surface area contributed by atoms with Crippen molar-refractivity contribution < 1.29 is 73.7 Å². The Morgan fingerprint density at radius 1 is 1.21 bits per heavy atom. The zero-order valence-corrected chi connectivity index (χ0v) is 24.6. The van der Waals surface area contributed by atoms with Gasteiger partial charge in [0.25, 0.3) is 0 Å². The van der Waals surface area contributed by atoms with E-state index in [9.17, 15) is 4.79 Å². The number of carbonyl (C=O) groups excluding carboxylic acids is 1. The fraction of sp³-hybridized carbons (Fsp3) is 0.609. The molecule has 1 aromatic heterocycles. The van der Waals surface area contributed by atoms with E-state index in [1.807, 2.05) is 0 Å². The number of aromatic amines is 1. The molecule has 3 N–H and O–H groups in total. The predicted octanol–water partition coefficient (Wildman–Crippen LogP) is 0.781. The van der Waals surface area contributed by atoms with E-state index in [1.165, 1.54) is 31.2 Å². The molecule has 0 spiro atoms. The summed E-state index contributed by atoms with van der Waals surface area (Å²) in [5, 5.41) is 6.59. The summed E-state index contributed by atoms with van der Waals surface area (Å²) in [4.78, 5) is 20.6. The number of hydrogen-bond donors (Lipinski definition) is 3. The first-order chi connectivity index (χ1) is 13.1. The number of hydrogen-bond acceptors (Lipinski definition) is 3. The molecule has 2 aliphatic carbocycles. The summed E-state index contributed by atoms with van der Waals surface area (Å²) in [5.74, 6) is 3.85. The Bertz CT molecular complexity index is 846. The van der Waals surface area contributed by atoms with Gasteiger partial charge >= 0.3 is 68.9 Å². The quantitative estimate of drug-likeness (QED) is 0.479. The van der Waals surface area contributed by atoms with Crippen LogP contribution in [-0.4, -0.2) is 29.0 Å². The zero-order valence-electron chi connectivity index (χ0n) is 18.3. The van der Waals surface area contributed by atoms with Gasteiger partial charge in [-0.25, -0.2) is 4.98 Å². The van der Waals surface area contributed by atoms with E-state index in [1.54, 1.807) is 0 Å². The number of imidazole rings is 1. The third-order valence-electron chi connectivity index (χ3n) is 6.77. The van der Waals surface area contributed by atoms with Crippen LogP contribution in [0.15, 0.2) is 18.2 Å². The third-order valence-corrected chi connectivity index (χ3v) is 6.77. The molecule has 1 aromatic carbocycles. The maximum absolute atomic E-state index is 12.1. The Morgan fingerprint density at radius 2 is 1.90 bits per heavy atom. The first-order valence-electron chi connectivity index (χ1n) is 10.6. The van der Waals surface area contributed by atoms with Gasteiger partial charge in [-0.05, 0) is 87.9 Å². The van der Waals surface area contributed by atoms with Crippen LogP contribution in [0.25, 0.3) is 11.0 Å². The summed E-state index contributed by atoms with van der Waals surface area (Å²) in [7, 11) is 2.07. The van der Waals surface area contributed by atoms with Crippen molar-refractivity contribution in [2.45, 2.75) is 57.5 Å². The average Bonchev–Trinajstić information content (AvgIpc) is 3.56. The molecule has 3 fully saturated rings. The molecule has 152 valence electrons. The number of rotatable bonds is 7. The molecule has 0 bridgehead atoms. The van der Waals surface area contributed by atoms with Crippen LogP contribution in [0.2, 0.25) is 0 Å². The maximum atomic E-state index is 12.1. The van der Waals surface area contributed by atoms with Crippen molar-refractivity contribution in [3.8, 4) is 0 Å². The number of amides is 1. The average molecular weight is 514 g/mol. The molecule has 5 rings (SSSR count). The Balaban J connectivity index is 0.00000120. The van der Waals surface area contributed by atoms with E-state index in [0.717, 1.165) is 47.5 Å². The van der Waals surface area contributed by atoms with E-state index in [-0.39, 0.29) is 88.1 Å². The van der Waals surface area contributed by atoms with Crippen molar-refractivity contribution >= 4 is 16.9 Å². The molecule has 1 aliphatic heterocycles. The fourth-order valence-electron chi connectivity index (χ4n) is 5.17. The van der Waals surface area contributed by atoms with Gasteiger partial charge < -0.3 is 23.0 Å². The number of benzene rings is 1. The summed E-state index contributed by atoms with van der Waals surface area (Å²) >= 11 is 0. The van der Waals surface area contributed by atoms with Crippen molar-refractivity contribution in [3.05, 3.63) is 37.0 Å². The van der Waals surface area contributed by atoms with Crippen LogP contribution in [0.4, 0.5) is 0 Å². The molecular weight excluding hydrogens is 481 g/mol. The number of H-pyrrole nitrogens is 1. The second-order valence-electron chi connectivity index (χ2n) is 9.04. The van der Waals surface area contributed by atoms with Gasteiger partial charge in [0.2, 0.25) is 5.91 Å². The van der Waals surface area contributed by atoms with Crippen molar-refractivity contribution in [3.63, 3.8) is 0 Å². The second-order valence-corrected chi connectivity index (χ2v) is 9.04. The fourth-order valence-corrected chi connectivity index (χ4v) is 5.17. The number of nitrogens with one attached hydrogen (secondary N) is 3. The van der Waals surface area contributed by atoms with E-state index >= 15 is 0 Å². The predicted molar refractivity (Wildman–Crippen MR) is 113 cm³/mol. The van der Waals surface area contributed by atoms with Crippen LogP contribution >= 0.6 is 0 Å². The Hall–Kier alpha value is 0.172. The van der Waals surface area contributed by atoms with Crippen LogP contribution in [0.3, 0.4) is 0 Å². The molecule has 29 heavy (non-hydrogen) atoms. The van der Waals surface area contributed by atoms with Gasteiger partial charge in [0.15, 0.2) is 0 Å². The number of carbonyl (C=O) groups is 1. The molecule has 5 nitrogen and oxygen atoms in total. The summed E-state index contributed by atoms with van der Waals surface area (Å²) < 4.78 is 0. The van der Waals surface area contributed by atoms with Gasteiger partial charge in [-0.15, -0.1) is 0 Å². The van der Waals surface area contributed by atoms with Gasteiger partial charge in [-0.1, -0.05) is 6.07 Å². The topological polar surface area (TPSA) is 69.8 Å². The van der Waals surface area contributed by atoms with Crippen molar-refractivity contribution in [2.75, 3.05) is 7.05 Å². The monoisotopic (exact) mass is 514 g/mol. The van der Waals surface area contributed by atoms with Gasteiger partial charge in [0.05, 0.1) is 17.1 Å². The number of fused-ring (bicyclic) bond motifs is 1. The first kappa shape index (κ1) is 23.8. The van der Waals surface area contributed by atoms with E-state index in [0.29, 0.717) is 12.1 Å². The Labute approximate surface area is 233 Å². The van der Waals surface area contributed by atoms with Gasteiger partial charge in [-0.3, -0.25) is 4.79 Å². The molecule has 6 heteroatoms. The minimum atomic E-state index is 0. The van der Waals surface area contributed by atoms with E-state index < -0.39 is 0 Å². The van der Waals surface area contributed by atoms with Gasteiger partial charge in [0.1, 0.15) is 5.82 Å². The third kappa shape index (κ3) is 5.16. The SMILES string of the molecule is CNC(c1nc2ccc(CC3CC(C)NC3=O)cc2[nH]1)C(C1CC1)C1CC1.[CH3-].[Cs+]. The van der Waals surface area contributed by atoms with Gasteiger partial charge in [0, 0.05) is 12.0 Å². The van der Waals surface area contributed by atoms with Gasteiger partial charge in [-0.2, -0.15) is 0 Å². The molecule has 3 unspecified atom stereocenters. The molecule has 3 aliphatic rings. The molecule has 1 saturated heterocycles. The molecule has 2 aromatic rings. The van der Waals surface area contributed by atoms with Crippen molar-refractivity contribution in [1.82, 2.24) is 20.6 Å². The Kier molecular flexibility index (Phi) is 8.02. The summed E-state index contributed by atoms with van der Waals surface area (Å²) in [5.41, 5.74) is 3.34. The molecular formula is C23H33CsN4O. The first-order valence-corrected chi connectivity index (χ1v) is 10.6. The zero-order chi connectivity index (χ0) is 18.5. The standard InChI is InChI=1S/C22H30N4O.CH3.Cs/c1-12-9-16(22(27)24-12)10-13-3-8-17-18(11-13)26-21(25-17)20(23-2)19(14-4-5-14)15-6-7-15;;/h3,8,11-12,14-16,19-20,23H,4-7,9-10H2,1-2H3,(H,24,27)(H,25,26);1H3;/q;-1;+1. The summed E-state index contributed by atoms with van der Waals surface area (Å²) in [6.45, 7) is 2.08. The van der Waals surface area contributed by atoms with Crippen LogP contribution in [-0.2, 0) is 11.2 Å². The molecule has 3 atom stereocenters. The minimum absolute atomic E-state index is 0. The van der Waals surface area contributed by atoms with E-state index in [2.05, 4.69) is 47.8 Å². The molecule has 2 saturated carbocycles. The normalized spacial score (nSPS) is 24.9. The summed E-state index contributed by atoms with van der Waals surface area (Å²) in [6.07, 6.45) is 7.26. The summed E-state index contributed by atoms with van der Waals surface area (Å²) in [6, 6.07) is 7.05. The second kappa shape index (κ2) is 9.76. The van der Waals surface area contributed by atoms with Crippen LogP contribution < -0.4 is 79.5 Å². The van der Waals surface area contributed by atoms with Crippen molar-refractivity contribution in [2.24, 2.45) is 23.7 Å². The molecule has 0 radical (unpaired) electrons. The van der Waals surface area contributed by atoms with E-state index in [4.69, 9.17) is 4.98 Å². The minimum Gasteiger partial charge on any atom is -0.358 e. The van der Waals surface area contributed by atoms with Crippen LogP contribution in [0.5, 0.6) is 0 Å². The number of nitrogens with zero attached hydrogens (tertiary/aromatic N) is 1.